The minimum atomic E-state index is -4.47. The number of anilines is 1. The van der Waals surface area contributed by atoms with E-state index in [1.807, 2.05) is 11.9 Å². The molecule has 4 atom stereocenters. The third-order valence-corrected chi connectivity index (χ3v) is 7.07. The van der Waals surface area contributed by atoms with Crippen LogP contribution in [0.5, 0.6) is 0 Å². The minimum Gasteiger partial charge on any atom is -0.379 e. The number of nitrogens with zero attached hydrogens (tertiary/aromatic N) is 2. The molecule has 3 heterocycles. The van der Waals surface area contributed by atoms with E-state index in [0.29, 0.717) is 48.1 Å². The van der Waals surface area contributed by atoms with Crippen LogP contribution in [0, 0.1) is 0 Å². The number of rotatable bonds is 7. The zero-order valence-corrected chi connectivity index (χ0v) is 21.2. The number of benzene rings is 1. The number of piperidine rings is 1. The molecule has 2 N–H and O–H groups in total. The number of hydrogen-bond donors (Lipinski definition) is 2. The number of pyridine rings is 1. The zero-order valence-electron chi connectivity index (χ0n) is 21.2. The van der Waals surface area contributed by atoms with Gasteiger partial charge in [-0.15, -0.1) is 0 Å². The molecule has 1 aromatic heterocycles. The van der Waals surface area contributed by atoms with Crippen molar-refractivity contribution in [3.05, 3.63) is 41.7 Å². The summed E-state index contributed by atoms with van der Waals surface area (Å²) < 4.78 is 61.4. The standard InChI is InChI=1S/C27H34F4N4O2/c1-17(27(29,30)31)25-19-8-5-9-22(34-23-11-13-35(2)16-21(23)28)20(19)15-18(33-25)7-6-12-32-26(36)24-10-3-4-14-37-24/h5-9,15,17,21,23-24,34H,3-4,10-14,16H2,1-2H3,(H,32,36)/b7-6+/t17?,21-,23+,24?/m0/s1. The molecular formula is C27H34F4N4O2. The van der Waals surface area contributed by atoms with Crippen LogP contribution in [0.2, 0.25) is 0 Å². The highest BCUT2D eigenvalue weighted by molar-refractivity contribution is 5.96. The second-order valence-electron chi connectivity index (χ2n) is 9.92. The molecule has 2 unspecified atom stereocenters. The van der Waals surface area contributed by atoms with Gasteiger partial charge in [0.15, 0.2) is 0 Å². The monoisotopic (exact) mass is 522 g/mol. The Balaban J connectivity index is 1.60. The fraction of sp³-hybridized carbons (Fsp3) is 0.556. The van der Waals surface area contributed by atoms with Crippen molar-refractivity contribution >= 4 is 28.4 Å². The van der Waals surface area contributed by atoms with Crippen molar-refractivity contribution in [1.82, 2.24) is 15.2 Å². The van der Waals surface area contributed by atoms with Crippen LogP contribution in [0.3, 0.4) is 0 Å². The molecule has 2 aliphatic heterocycles. The summed E-state index contributed by atoms with van der Waals surface area (Å²) in [7, 11) is 1.86. The Labute approximate surface area is 214 Å². The van der Waals surface area contributed by atoms with Crippen LogP contribution in [0.15, 0.2) is 30.3 Å². The van der Waals surface area contributed by atoms with E-state index in [1.54, 1.807) is 36.4 Å². The maximum Gasteiger partial charge on any atom is 0.397 e. The Morgan fingerprint density at radius 1 is 1.27 bits per heavy atom. The smallest absolute Gasteiger partial charge is 0.379 e. The van der Waals surface area contributed by atoms with Crippen LogP contribution in [-0.4, -0.2) is 73.6 Å². The van der Waals surface area contributed by atoms with Gasteiger partial charge in [0.2, 0.25) is 5.91 Å². The van der Waals surface area contributed by atoms with Crippen molar-refractivity contribution < 1.29 is 27.1 Å². The zero-order chi connectivity index (χ0) is 26.6. The number of carbonyl (C=O) groups excluding carboxylic acids is 1. The van der Waals surface area contributed by atoms with Gasteiger partial charge in [-0.25, -0.2) is 4.39 Å². The third-order valence-electron chi connectivity index (χ3n) is 7.07. The molecule has 0 radical (unpaired) electrons. The number of ether oxygens (including phenoxy) is 1. The van der Waals surface area contributed by atoms with Crippen molar-refractivity contribution in [2.24, 2.45) is 0 Å². The quantitative estimate of drug-likeness (QED) is 0.498. The molecule has 10 heteroatoms. The van der Waals surface area contributed by atoms with Gasteiger partial charge < -0.3 is 20.3 Å². The molecule has 2 fully saturated rings. The fourth-order valence-electron chi connectivity index (χ4n) is 4.84. The van der Waals surface area contributed by atoms with E-state index in [9.17, 15) is 22.4 Å². The largest absolute Gasteiger partial charge is 0.397 e. The van der Waals surface area contributed by atoms with Gasteiger partial charge in [0.05, 0.1) is 23.3 Å². The summed E-state index contributed by atoms with van der Waals surface area (Å²) in [4.78, 5) is 18.5. The lowest BCUT2D eigenvalue weighted by molar-refractivity contribution is -0.146. The summed E-state index contributed by atoms with van der Waals surface area (Å²) in [6.45, 7) is 2.88. The highest BCUT2D eigenvalue weighted by Crippen LogP contribution is 2.39. The van der Waals surface area contributed by atoms with Gasteiger partial charge in [0.1, 0.15) is 12.3 Å². The van der Waals surface area contributed by atoms with Crippen molar-refractivity contribution in [2.45, 2.75) is 63.0 Å². The normalized spacial score (nSPS) is 24.3. The molecule has 2 saturated heterocycles. The van der Waals surface area contributed by atoms with Crippen LogP contribution in [0.4, 0.5) is 23.2 Å². The van der Waals surface area contributed by atoms with E-state index in [0.717, 1.165) is 26.3 Å². The van der Waals surface area contributed by atoms with Gasteiger partial charge in [0.25, 0.3) is 0 Å². The molecule has 0 saturated carbocycles. The predicted octanol–water partition coefficient (Wildman–Crippen LogP) is 5.05. The molecule has 0 aliphatic carbocycles. The summed E-state index contributed by atoms with van der Waals surface area (Å²) >= 11 is 0. The Morgan fingerprint density at radius 3 is 2.78 bits per heavy atom. The van der Waals surface area contributed by atoms with Gasteiger partial charge in [0, 0.05) is 42.7 Å². The van der Waals surface area contributed by atoms with Crippen molar-refractivity contribution in [2.75, 3.05) is 38.6 Å². The van der Waals surface area contributed by atoms with E-state index in [2.05, 4.69) is 15.6 Å². The number of likely N-dealkylation sites (tertiary alicyclic amines) is 1. The summed E-state index contributed by atoms with van der Waals surface area (Å²) in [5.41, 5.74) is 0.814. The Kier molecular flexibility index (Phi) is 8.69. The molecule has 2 aliphatic rings. The Bertz CT molecular complexity index is 1120. The van der Waals surface area contributed by atoms with Crippen molar-refractivity contribution in [3.8, 4) is 0 Å². The Hall–Kier alpha value is -2.72. The number of halogens is 4. The highest BCUT2D eigenvalue weighted by atomic mass is 19.4. The first-order chi connectivity index (χ1) is 17.6. The van der Waals surface area contributed by atoms with Crippen LogP contribution in [-0.2, 0) is 9.53 Å². The number of hydrogen-bond acceptors (Lipinski definition) is 5. The number of carbonyl (C=O) groups is 1. The van der Waals surface area contributed by atoms with E-state index in [4.69, 9.17) is 4.74 Å². The second-order valence-corrected chi connectivity index (χ2v) is 9.92. The molecule has 4 rings (SSSR count). The molecule has 2 aromatic rings. The first-order valence-corrected chi connectivity index (χ1v) is 12.8. The van der Waals surface area contributed by atoms with Gasteiger partial charge in [-0.1, -0.05) is 18.2 Å². The van der Waals surface area contributed by atoms with Gasteiger partial charge >= 0.3 is 6.18 Å². The summed E-state index contributed by atoms with van der Waals surface area (Å²) in [5.74, 6) is -1.99. The van der Waals surface area contributed by atoms with Crippen LogP contribution in [0.1, 0.15) is 49.9 Å². The van der Waals surface area contributed by atoms with Crippen molar-refractivity contribution in [1.29, 1.82) is 0 Å². The van der Waals surface area contributed by atoms with Crippen LogP contribution >= 0.6 is 0 Å². The first kappa shape index (κ1) is 27.3. The molecule has 1 amide bonds. The van der Waals surface area contributed by atoms with Crippen molar-refractivity contribution in [3.63, 3.8) is 0 Å². The SMILES string of the molecule is CC(c1nc(/C=C/CNC(=O)C2CCCCO2)cc2c(N[C@@H]3CCN(C)C[C@@H]3F)cccc12)C(F)(F)F. The number of amides is 1. The average Bonchev–Trinajstić information content (AvgIpc) is 2.87. The summed E-state index contributed by atoms with van der Waals surface area (Å²) in [5, 5.41) is 6.94. The minimum absolute atomic E-state index is 0.0897. The van der Waals surface area contributed by atoms with Crippen LogP contribution < -0.4 is 10.6 Å². The van der Waals surface area contributed by atoms with E-state index in [1.165, 1.54) is 0 Å². The number of aromatic nitrogens is 1. The highest BCUT2D eigenvalue weighted by Gasteiger charge is 2.39. The molecule has 202 valence electrons. The Morgan fingerprint density at radius 2 is 2.08 bits per heavy atom. The van der Waals surface area contributed by atoms with Crippen LogP contribution in [0.25, 0.3) is 16.8 Å². The molecule has 37 heavy (non-hydrogen) atoms. The molecular weight excluding hydrogens is 488 g/mol. The summed E-state index contributed by atoms with van der Waals surface area (Å²) in [6.07, 6.45) is 0.351. The third kappa shape index (κ3) is 6.78. The second kappa shape index (κ2) is 11.8. The van der Waals surface area contributed by atoms with E-state index in [-0.39, 0.29) is 18.1 Å². The van der Waals surface area contributed by atoms with Gasteiger partial charge in [-0.2, -0.15) is 13.2 Å². The first-order valence-electron chi connectivity index (χ1n) is 12.8. The fourth-order valence-corrected chi connectivity index (χ4v) is 4.84. The topological polar surface area (TPSA) is 66.5 Å². The number of fused-ring (bicyclic) bond motifs is 1. The maximum atomic E-state index is 14.7. The van der Waals surface area contributed by atoms with E-state index >= 15 is 0 Å². The summed E-state index contributed by atoms with van der Waals surface area (Å²) in [6, 6.07) is 6.31. The van der Waals surface area contributed by atoms with Gasteiger partial charge in [-0.05, 0) is 57.9 Å². The molecule has 6 nitrogen and oxygen atoms in total. The maximum absolute atomic E-state index is 14.7. The lowest BCUT2D eigenvalue weighted by atomic mass is 9.97. The number of nitrogens with one attached hydrogen (secondary N) is 2. The van der Waals surface area contributed by atoms with E-state index < -0.39 is 30.4 Å². The van der Waals surface area contributed by atoms with Gasteiger partial charge in [-0.3, -0.25) is 9.78 Å². The number of alkyl halides is 4. The molecule has 0 bridgehead atoms. The lowest BCUT2D eigenvalue weighted by Gasteiger charge is -2.33. The predicted molar refractivity (Wildman–Crippen MR) is 136 cm³/mol. The lowest BCUT2D eigenvalue weighted by Crippen LogP contribution is -2.46. The average molecular weight is 523 g/mol. The molecule has 1 aromatic carbocycles. The molecule has 0 spiro atoms.